The van der Waals surface area contributed by atoms with Crippen molar-refractivity contribution < 1.29 is 19.1 Å². The molecule has 0 unspecified atom stereocenters. The Morgan fingerprint density at radius 2 is 1.56 bits per heavy atom. The first-order chi connectivity index (χ1) is 17.5. The van der Waals surface area contributed by atoms with Crippen LogP contribution in [0.1, 0.15) is 74.1 Å². The summed E-state index contributed by atoms with van der Waals surface area (Å²) in [4.78, 5) is 22.4. The van der Waals surface area contributed by atoms with Crippen LogP contribution in [-0.2, 0) is 22.4 Å². The van der Waals surface area contributed by atoms with Gasteiger partial charge in [0, 0.05) is 25.9 Å². The number of aryl methyl sites for hydroxylation is 2. The lowest BCUT2D eigenvalue weighted by atomic mass is 9.97. The Hall–Kier alpha value is -3.28. The van der Waals surface area contributed by atoms with Gasteiger partial charge in [-0.1, -0.05) is 32.1 Å². The lowest BCUT2D eigenvalue weighted by Gasteiger charge is -2.13. The highest BCUT2D eigenvalue weighted by molar-refractivity contribution is 5.77. The highest BCUT2D eigenvalue weighted by atomic mass is 16.5. The Kier molecular flexibility index (Phi) is 10.4. The first-order valence-electron chi connectivity index (χ1n) is 13.1. The summed E-state index contributed by atoms with van der Waals surface area (Å²) in [6, 6.07) is 12.5. The third-order valence-corrected chi connectivity index (χ3v) is 6.99. The summed E-state index contributed by atoms with van der Waals surface area (Å²) in [5.41, 5.74) is 6.77. The van der Waals surface area contributed by atoms with Gasteiger partial charge in [-0.3, -0.25) is 9.59 Å². The molecule has 2 amide bonds. The summed E-state index contributed by atoms with van der Waals surface area (Å²) in [5.74, 6) is 2.61. The fraction of sp³-hybridized carbons (Fsp3) is 0.467. The molecular formula is C30H40N2O4. The summed E-state index contributed by atoms with van der Waals surface area (Å²) in [6.07, 6.45) is 8.68. The molecule has 36 heavy (non-hydrogen) atoms. The smallest absolute Gasteiger partial charge is 0.219 e. The lowest BCUT2D eigenvalue weighted by molar-refractivity contribution is -0.121. The molecule has 2 aliphatic carbocycles. The quantitative estimate of drug-likeness (QED) is 0.505. The van der Waals surface area contributed by atoms with Crippen LogP contribution in [0.3, 0.4) is 0 Å². The summed E-state index contributed by atoms with van der Waals surface area (Å²) in [6.45, 7) is 5.12. The van der Waals surface area contributed by atoms with Gasteiger partial charge in [-0.2, -0.15) is 0 Å². The van der Waals surface area contributed by atoms with E-state index < -0.39 is 0 Å². The molecule has 6 heteroatoms. The van der Waals surface area contributed by atoms with Gasteiger partial charge in [0.25, 0.3) is 0 Å². The number of hydrogen-bond donors (Lipinski definition) is 2. The number of carbonyl (C=O) groups is 2. The van der Waals surface area contributed by atoms with E-state index in [1.54, 1.807) is 14.2 Å². The highest BCUT2D eigenvalue weighted by Gasteiger charge is 2.22. The highest BCUT2D eigenvalue weighted by Crippen LogP contribution is 2.37. The Bertz CT molecular complexity index is 1080. The van der Waals surface area contributed by atoms with E-state index >= 15 is 0 Å². The summed E-state index contributed by atoms with van der Waals surface area (Å²) in [7, 11) is 3.38. The van der Waals surface area contributed by atoms with Crippen molar-refractivity contribution in [1.29, 1.82) is 0 Å². The van der Waals surface area contributed by atoms with Crippen LogP contribution in [-0.4, -0.2) is 39.1 Å². The molecule has 6 nitrogen and oxygen atoms in total. The van der Waals surface area contributed by atoms with E-state index in [2.05, 4.69) is 41.0 Å². The summed E-state index contributed by atoms with van der Waals surface area (Å²) in [5, 5.41) is 5.82. The molecular weight excluding hydrogens is 452 g/mol. The van der Waals surface area contributed by atoms with Crippen molar-refractivity contribution in [3.8, 4) is 11.5 Å². The standard InChI is InChI=1S/C15H21NO2.C15H19NO2/c2*1-3-15(17)16-9-8-12-5-4-11-6-7-13(18-2)10-14(11)12/h6-7,10,12H,3-5,8-9H2,1-2H3,(H,16,17);6-8,10H,3-5,9H2,1-2H3,(H,16,17)/b;12-8+/t12-;/m0./s1. The maximum Gasteiger partial charge on any atom is 0.219 e. The second-order valence-electron chi connectivity index (χ2n) is 9.20. The largest absolute Gasteiger partial charge is 0.497 e. The topological polar surface area (TPSA) is 76.7 Å². The van der Waals surface area contributed by atoms with Gasteiger partial charge in [-0.15, -0.1) is 0 Å². The van der Waals surface area contributed by atoms with Crippen molar-refractivity contribution in [1.82, 2.24) is 10.6 Å². The Morgan fingerprint density at radius 3 is 2.25 bits per heavy atom. The number of amides is 2. The zero-order valence-corrected chi connectivity index (χ0v) is 22.1. The fourth-order valence-corrected chi connectivity index (χ4v) is 4.83. The Balaban J connectivity index is 0.000000201. The van der Waals surface area contributed by atoms with E-state index in [-0.39, 0.29) is 11.8 Å². The van der Waals surface area contributed by atoms with Crippen LogP contribution in [0.25, 0.3) is 5.57 Å². The Labute approximate surface area is 215 Å². The number of hydrogen-bond acceptors (Lipinski definition) is 4. The molecule has 4 rings (SSSR count). The van der Waals surface area contributed by atoms with Gasteiger partial charge in [-0.25, -0.2) is 0 Å². The number of ether oxygens (including phenoxy) is 2. The predicted molar refractivity (Wildman–Crippen MR) is 145 cm³/mol. The lowest BCUT2D eigenvalue weighted by Crippen LogP contribution is -2.24. The number of nitrogens with one attached hydrogen (secondary N) is 2. The zero-order chi connectivity index (χ0) is 25.9. The zero-order valence-electron chi connectivity index (χ0n) is 22.1. The second-order valence-corrected chi connectivity index (χ2v) is 9.20. The molecule has 0 radical (unpaired) electrons. The first kappa shape index (κ1) is 27.3. The number of fused-ring (bicyclic) bond motifs is 2. The molecule has 0 bridgehead atoms. The van der Waals surface area contributed by atoms with Gasteiger partial charge in [0.1, 0.15) is 11.5 Å². The van der Waals surface area contributed by atoms with E-state index in [9.17, 15) is 9.59 Å². The third kappa shape index (κ3) is 7.36. The number of allylic oxidation sites excluding steroid dienone is 1. The van der Waals surface area contributed by atoms with Crippen molar-refractivity contribution in [3.63, 3.8) is 0 Å². The molecule has 0 spiro atoms. The van der Waals surface area contributed by atoms with E-state index in [1.165, 1.54) is 34.2 Å². The molecule has 2 aliphatic rings. The van der Waals surface area contributed by atoms with Gasteiger partial charge in [0.15, 0.2) is 0 Å². The predicted octanol–water partition coefficient (Wildman–Crippen LogP) is 5.19. The minimum absolute atomic E-state index is 0.0933. The fourth-order valence-electron chi connectivity index (χ4n) is 4.83. The van der Waals surface area contributed by atoms with Crippen LogP contribution in [0.4, 0.5) is 0 Å². The van der Waals surface area contributed by atoms with Gasteiger partial charge >= 0.3 is 0 Å². The van der Waals surface area contributed by atoms with E-state index in [0.717, 1.165) is 43.7 Å². The SMILES string of the molecule is CCC(=O)NC/C=C1\CCc2ccc(OC)cc21.CCC(=O)NCC[C@@H]1CCc2ccc(OC)cc21. The van der Waals surface area contributed by atoms with Gasteiger partial charge in [-0.05, 0) is 90.1 Å². The van der Waals surface area contributed by atoms with E-state index in [4.69, 9.17) is 9.47 Å². The number of methoxy groups -OCH3 is 2. The van der Waals surface area contributed by atoms with Crippen LogP contribution < -0.4 is 20.1 Å². The average Bonchev–Trinajstić information content (AvgIpc) is 3.51. The van der Waals surface area contributed by atoms with Crippen LogP contribution in [0.15, 0.2) is 42.5 Å². The van der Waals surface area contributed by atoms with Gasteiger partial charge in [0.05, 0.1) is 14.2 Å². The van der Waals surface area contributed by atoms with Crippen molar-refractivity contribution >= 4 is 17.4 Å². The van der Waals surface area contributed by atoms with Crippen molar-refractivity contribution in [2.45, 2.75) is 64.7 Å². The minimum atomic E-state index is 0.0933. The van der Waals surface area contributed by atoms with Gasteiger partial charge in [0.2, 0.25) is 11.8 Å². The molecule has 194 valence electrons. The molecule has 0 heterocycles. The molecule has 0 aromatic heterocycles. The summed E-state index contributed by atoms with van der Waals surface area (Å²) < 4.78 is 10.5. The van der Waals surface area contributed by atoms with E-state index in [1.807, 2.05) is 26.0 Å². The van der Waals surface area contributed by atoms with Crippen molar-refractivity contribution in [3.05, 3.63) is 64.7 Å². The van der Waals surface area contributed by atoms with Gasteiger partial charge < -0.3 is 20.1 Å². The molecule has 0 saturated carbocycles. The molecule has 1 atom stereocenters. The maximum absolute atomic E-state index is 11.2. The number of carbonyl (C=O) groups excluding carboxylic acids is 2. The minimum Gasteiger partial charge on any atom is -0.497 e. The van der Waals surface area contributed by atoms with Crippen molar-refractivity contribution in [2.75, 3.05) is 27.3 Å². The molecule has 0 saturated heterocycles. The molecule has 0 fully saturated rings. The number of benzene rings is 2. The Morgan fingerprint density at radius 1 is 0.889 bits per heavy atom. The molecule has 2 aromatic carbocycles. The molecule has 0 aliphatic heterocycles. The van der Waals surface area contributed by atoms with E-state index in [0.29, 0.717) is 25.3 Å². The van der Waals surface area contributed by atoms with Crippen LogP contribution in [0, 0.1) is 0 Å². The average molecular weight is 493 g/mol. The second kappa shape index (κ2) is 13.7. The van der Waals surface area contributed by atoms with Crippen LogP contribution in [0.5, 0.6) is 11.5 Å². The van der Waals surface area contributed by atoms with Crippen LogP contribution >= 0.6 is 0 Å². The third-order valence-electron chi connectivity index (χ3n) is 6.99. The monoisotopic (exact) mass is 492 g/mol. The maximum atomic E-state index is 11.2. The molecule has 2 N–H and O–H groups in total. The normalized spacial score (nSPS) is 16.4. The van der Waals surface area contributed by atoms with Crippen LogP contribution in [0.2, 0.25) is 0 Å². The summed E-state index contributed by atoms with van der Waals surface area (Å²) >= 11 is 0. The first-order valence-corrected chi connectivity index (χ1v) is 13.1. The van der Waals surface area contributed by atoms with Crippen molar-refractivity contribution in [2.24, 2.45) is 0 Å². The molecule has 2 aromatic rings. The number of rotatable bonds is 9.